The lowest BCUT2D eigenvalue weighted by Gasteiger charge is -2.22. The number of rotatable bonds is 6. The highest BCUT2D eigenvalue weighted by atomic mass is 15.4. The first-order chi connectivity index (χ1) is 13.3. The van der Waals surface area contributed by atoms with E-state index in [1.807, 2.05) is 12.2 Å². The van der Waals surface area contributed by atoms with Crippen molar-refractivity contribution >= 4 is 23.5 Å². The van der Waals surface area contributed by atoms with Crippen LogP contribution in [0.4, 0.5) is 11.4 Å². The fourth-order valence-corrected chi connectivity index (χ4v) is 3.59. The summed E-state index contributed by atoms with van der Waals surface area (Å²) in [6.45, 7) is 10.4. The maximum atomic E-state index is 3.83. The standard InChI is InChI=1S/C25H24N2/c1-3-20-9-13-22(14-10-20)17-26-19-27(25-8-6-5-7-24(25)26)18-23-15-11-21(4-2)12-16-23/h3-16H,1-2,17-19H2. The molecule has 1 aliphatic rings. The van der Waals surface area contributed by atoms with Crippen molar-refractivity contribution in [2.24, 2.45) is 0 Å². The molecule has 4 rings (SSSR count). The van der Waals surface area contributed by atoms with E-state index in [9.17, 15) is 0 Å². The second kappa shape index (κ2) is 7.55. The van der Waals surface area contributed by atoms with Gasteiger partial charge in [0.2, 0.25) is 0 Å². The molecule has 2 heteroatoms. The van der Waals surface area contributed by atoms with E-state index in [1.165, 1.54) is 22.5 Å². The van der Waals surface area contributed by atoms with Crippen LogP contribution < -0.4 is 9.80 Å². The van der Waals surface area contributed by atoms with E-state index in [0.29, 0.717) is 0 Å². The Morgan fingerprint density at radius 1 is 0.630 bits per heavy atom. The Hall–Kier alpha value is -3.26. The molecule has 1 aliphatic heterocycles. The molecule has 0 atom stereocenters. The fourth-order valence-electron chi connectivity index (χ4n) is 3.59. The third-order valence-electron chi connectivity index (χ3n) is 5.08. The van der Waals surface area contributed by atoms with Gasteiger partial charge >= 0.3 is 0 Å². The lowest BCUT2D eigenvalue weighted by Crippen LogP contribution is -2.30. The second-order valence-corrected chi connectivity index (χ2v) is 6.92. The van der Waals surface area contributed by atoms with Crippen molar-refractivity contribution in [2.75, 3.05) is 16.5 Å². The summed E-state index contributed by atoms with van der Waals surface area (Å²) in [5.41, 5.74) is 7.54. The Balaban J connectivity index is 1.54. The highest BCUT2D eigenvalue weighted by molar-refractivity contribution is 5.76. The fraction of sp³-hybridized carbons (Fsp3) is 0.120. The van der Waals surface area contributed by atoms with Crippen LogP contribution in [0.1, 0.15) is 22.3 Å². The van der Waals surface area contributed by atoms with Crippen LogP contribution in [0.3, 0.4) is 0 Å². The number of para-hydroxylation sites is 2. The second-order valence-electron chi connectivity index (χ2n) is 6.92. The van der Waals surface area contributed by atoms with E-state index in [1.54, 1.807) is 0 Å². The smallest absolute Gasteiger partial charge is 0.0911 e. The molecule has 0 fully saturated rings. The largest absolute Gasteiger partial charge is 0.348 e. The molecule has 2 nitrogen and oxygen atoms in total. The van der Waals surface area contributed by atoms with Crippen molar-refractivity contribution < 1.29 is 0 Å². The lowest BCUT2D eigenvalue weighted by molar-refractivity contribution is 0.763. The van der Waals surface area contributed by atoms with Gasteiger partial charge in [0, 0.05) is 13.1 Å². The first-order valence-corrected chi connectivity index (χ1v) is 9.28. The monoisotopic (exact) mass is 352 g/mol. The topological polar surface area (TPSA) is 6.48 Å². The number of hydrogen-bond acceptors (Lipinski definition) is 2. The zero-order valence-corrected chi connectivity index (χ0v) is 15.5. The van der Waals surface area contributed by atoms with Crippen molar-refractivity contribution in [1.82, 2.24) is 0 Å². The number of anilines is 2. The number of hydrogen-bond donors (Lipinski definition) is 0. The van der Waals surface area contributed by atoms with Gasteiger partial charge in [0.1, 0.15) is 0 Å². The Kier molecular flexibility index (Phi) is 4.80. The third kappa shape index (κ3) is 3.65. The normalized spacial score (nSPS) is 12.7. The summed E-state index contributed by atoms with van der Waals surface area (Å²) in [6, 6.07) is 25.9. The van der Waals surface area contributed by atoms with Crippen molar-refractivity contribution in [3.05, 3.63) is 108 Å². The van der Waals surface area contributed by atoms with Crippen LogP contribution in [0.15, 0.2) is 86.0 Å². The van der Waals surface area contributed by atoms with Gasteiger partial charge in [0.25, 0.3) is 0 Å². The lowest BCUT2D eigenvalue weighted by atomic mass is 10.1. The molecule has 0 N–H and O–H groups in total. The molecule has 27 heavy (non-hydrogen) atoms. The highest BCUT2D eigenvalue weighted by Crippen LogP contribution is 2.37. The van der Waals surface area contributed by atoms with Crippen LogP contribution >= 0.6 is 0 Å². The molecule has 0 bridgehead atoms. The number of nitrogens with zero attached hydrogens (tertiary/aromatic N) is 2. The first kappa shape index (κ1) is 17.2. The van der Waals surface area contributed by atoms with Gasteiger partial charge in [0.15, 0.2) is 0 Å². The first-order valence-electron chi connectivity index (χ1n) is 9.28. The van der Waals surface area contributed by atoms with Gasteiger partial charge in [-0.15, -0.1) is 0 Å². The van der Waals surface area contributed by atoms with Crippen LogP contribution in [-0.4, -0.2) is 6.67 Å². The molecule has 0 aromatic heterocycles. The minimum absolute atomic E-state index is 0.895. The summed E-state index contributed by atoms with van der Waals surface area (Å²) in [7, 11) is 0. The molecule has 134 valence electrons. The minimum Gasteiger partial charge on any atom is -0.348 e. The summed E-state index contributed by atoms with van der Waals surface area (Å²) >= 11 is 0. The van der Waals surface area contributed by atoms with Gasteiger partial charge in [0.05, 0.1) is 18.0 Å². The molecule has 0 saturated carbocycles. The van der Waals surface area contributed by atoms with Crippen LogP contribution in [0, 0.1) is 0 Å². The average Bonchev–Trinajstić information content (AvgIpc) is 3.06. The zero-order chi connectivity index (χ0) is 18.6. The van der Waals surface area contributed by atoms with Crippen molar-refractivity contribution in [3.8, 4) is 0 Å². The molecule has 0 aliphatic carbocycles. The van der Waals surface area contributed by atoms with E-state index in [-0.39, 0.29) is 0 Å². The van der Waals surface area contributed by atoms with Crippen molar-refractivity contribution in [3.63, 3.8) is 0 Å². The predicted octanol–water partition coefficient (Wildman–Crippen LogP) is 5.96. The quantitative estimate of drug-likeness (QED) is 0.540. The number of fused-ring (bicyclic) bond motifs is 1. The van der Waals surface area contributed by atoms with Gasteiger partial charge in [-0.3, -0.25) is 0 Å². The van der Waals surface area contributed by atoms with Crippen LogP contribution in [0.2, 0.25) is 0 Å². The molecule has 0 radical (unpaired) electrons. The maximum Gasteiger partial charge on any atom is 0.0911 e. The summed E-state index contributed by atoms with van der Waals surface area (Å²) in [5.74, 6) is 0. The van der Waals surface area contributed by atoms with Gasteiger partial charge < -0.3 is 9.80 Å². The molecule has 3 aromatic carbocycles. The molecule has 0 amide bonds. The summed E-state index contributed by atoms with van der Waals surface area (Å²) < 4.78 is 0. The maximum absolute atomic E-state index is 3.83. The van der Waals surface area contributed by atoms with E-state index >= 15 is 0 Å². The van der Waals surface area contributed by atoms with Crippen molar-refractivity contribution in [1.29, 1.82) is 0 Å². The van der Waals surface area contributed by atoms with Gasteiger partial charge in [-0.05, 0) is 34.4 Å². The summed E-state index contributed by atoms with van der Waals surface area (Å²) in [4.78, 5) is 4.88. The molecular formula is C25H24N2. The van der Waals surface area contributed by atoms with Gasteiger partial charge in [-0.2, -0.15) is 0 Å². The summed E-state index contributed by atoms with van der Waals surface area (Å²) in [5, 5.41) is 0. The Morgan fingerprint density at radius 2 is 1.04 bits per heavy atom. The van der Waals surface area contributed by atoms with Crippen LogP contribution in [0.25, 0.3) is 12.2 Å². The van der Waals surface area contributed by atoms with E-state index in [0.717, 1.165) is 30.9 Å². The Labute approximate surface area is 161 Å². The van der Waals surface area contributed by atoms with E-state index in [4.69, 9.17) is 0 Å². The predicted molar refractivity (Wildman–Crippen MR) is 117 cm³/mol. The molecule has 0 saturated heterocycles. The molecule has 0 spiro atoms. The average molecular weight is 352 g/mol. The third-order valence-corrected chi connectivity index (χ3v) is 5.08. The highest BCUT2D eigenvalue weighted by Gasteiger charge is 2.25. The van der Waals surface area contributed by atoms with Crippen LogP contribution in [0.5, 0.6) is 0 Å². The molecule has 1 heterocycles. The Bertz CT molecular complexity index is 860. The Morgan fingerprint density at radius 3 is 1.41 bits per heavy atom. The molecular weight excluding hydrogens is 328 g/mol. The van der Waals surface area contributed by atoms with E-state index in [2.05, 4.69) is 95.8 Å². The molecule has 3 aromatic rings. The van der Waals surface area contributed by atoms with E-state index < -0.39 is 0 Å². The van der Waals surface area contributed by atoms with Gasteiger partial charge in [-0.25, -0.2) is 0 Å². The zero-order valence-electron chi connectivity index (χ0n) is 15.5. The molecule has 0 unspecified atom stereocenters. The van der Waals surface area contributed by atoms with Crippen molar-refractivity contribution in [2.45, 2.75) is 13.1 Å². The minimum atomic E-state index is 0.895. The van der Waals surface area contributed by atoms with Crippen LogP contribution in [-0.2, 0) is 13.1 Å². The SMILES string of the molecule is C=Cc1ccc(CN2CN(Cc3ccc(C=C)cc3)c3ccccc32)cc1. The van der Waals surface area contributed by atoms with Gasteiger partial charge in [-0.1, -0.05) is 86.0 Å². The summed E-state index contributed by atoms with van der Waals surface area (Å²) in [6.07, 6.45) is 3.77. The number of benzene rings is 3.